The first-order valence-corrected chi connectivity index (χ1v) is 7.28. The quantitative estimate of drug-likeness (QED) is 0.892. The normalized spacial score (nSPS) is 22.1. The predicted octanol–water partition coefficient (Wildman–Crippen LogP) is 1.82. The van der Waals surface area contributed by atoms with Crippen LogP contribution >= 0.6 is 0 Å². The van der Waals surface area contributed by atoms with E-state index in [9.17, 15) is 4.79 Å². The zero-order valence-electron chi connectivity index (χ0n) is 12.3. The highest BCUT2D eigenvalue weighted by Crippen LogP contribution is 2.24. The second-order valence-corrected chi connectivity index (χ2v) is 5.50. The zero-order valence-corrected chi connectivity index (χ0v) is 12.3. The summed E-state index contributed by atoms with van der Waals surface area (Å²) in [5.41, 5.74) is 6.95. The third-order valence-electron chi connectivity index (χ3n) is 4.23. The lowest BCUT2D eigenvalue weighted by molar-refractivity contribution is -0.132. The molecular weight excluding hydrogens is 252 g/mol. The standard InChI is InChI=1S/C16H24N2O2/c1-12-9-10-18(15(12)11-17)16(19)8-5-13-3-6-14(20-2)7-4-13/h3-4,6-7,12,15H,5,8-11,17H2,1-2H3. The van der Waals surface area contributed by atoms with E-state index in [-0.39, 0.29) is 11.9 Å². The van der Waals surface area contributed by atoms with Crippen LogP contribution in [-0.4, -0.2) is 37.0 Å². The third kappa shape index (κ3) is 3.31. The number of methoxy groups -OCH3 is 1. The van der Waals surface area contributed by atoms with Gasteiger partial charge in [0.25, 0.3) is 0 Å². The average molecular weight is 276 g/mol. The SMILES string of the molecule is COc1ccc(CCC(=O)N2CCC(C)C2CN)cc1. The van der Waals surface area contributed by atoms with Crippen LogP contribution in [0.15, 0.2) is 24.3 Å². The van der Waals surface area contributed by atoms with E-state index in [1.165, 1.54) is 0 Å². The topological polar surface area (TPSA) is 55.6 Å². The molecule has 4 nitrogen and oxygen atoms in total. The summed E-state index contributed by atoms with van der Waals surface area (Å²) in [7, 11) is 1.65. The summed E-state index contributed by atoms with van der Waals surface area (Å²) in [6.07, 6.45) is 2.39. The molecule has 2 N–H and O–H groups in total. The Balaban J connectivity index is 1.88. The van der Waals surface area contributed by atoms with Gasteiger partial charge in [0, 0.05) is 25.6 Å². The fraction of sp³-hybridized carbons (Fsp3) is 0.562. The molecule has 110 valence electrons. The summed E-state index contributed by atoms with van der Waals surface area (Å²) >= 11 is 0. The molecule has 1 amide bonds. The maximum atomic E-state index is 12.3. The molecule has 1 aliphatic rings. The third-order valence-corrected chi connectivity index (χ3v) is 4.23. The molecule has 1 aromatic rings. The summed E-state index contributed by atoms with van der Waals surface area (Å²) in [4.78, 5) is 14.3. The van der Waals surface area contributed by atoms with Crippen LogP contribution in [0.3, 0.4) is 0 Å². The van der Waals surface area contributed by atoms with Crippen LogP contribution in [0.2, 0.25) is 0 Å². The van der Waals surface area contributed by atoms with Crippen molar-refractivity contribution in [2.24, 2.45) is 11.7 Å². The van der Waals surface area contributed by atoms with E-state index in [2.05, 4.69) is 6.92 Å². The Kier molecular flexibility index (Phi) is 5.01. The number of hydrogen-bond donors (Lipinski definition) is 1. The Morgan fingerprint density at radius 1 is 1.40 bits per heavy atom. The monoisotopic (exact) mass is 276 g/mol. The molecule has 20 heavy (non-hydrogen) atoms. The molecule has 1 aliphatic heterocycles. The predicted molar refractivity (Wildman–Crippen MR) is 79.7 cm³/mol. The largest absolute Gasteiger partial charge is 0.497 e. The number of nitrogens with zero attached hydrogens (tertiary/aromatic N) is 1. The highest BCUT2D eigenvalue weighted by molar-refractivity contribution is 5.77. The van der Waals surface area contributed by atoms with Crippen molar-refractivity contribution in [1.82, 2.24) is 4.90 Å². The van der Waals surface area contributed by atoms with E-state index in [1.54, 1.807) is 7.11 Å². The molecule has 0 spiro atoms. The van der Waals surface area contributed by atoms with Crippen LogP contribution in [0.1, 0.15) is 25.3 Å². The van der Waals surface area contributed by atoms with Gasteiger partial charge in [-0.1, -0.05) is 19.1 Å². The van der Waals surface area contributed by atoms with Gasteiger partial charge < -0.3 is 15.4 Å². The molecule has 1 fully saturated rings. The maximum absolute atomic E-state index is 12.3. The summed E-state index contributed by atoms with van der Waals surface area (Å²) in [6.45, 7) is 3.59. The van der Waals surface area contributed by atoms with Crippen molar-refractivity contribution in [3.63, 3.8) is 0 Å². The van der Waals surface area contributed by atoms with E-state index in [4.69, 9.17) is 10.5 Å². The molecule has 2 rings (SSSR count). The van der Waals surface area contributed by atoms with Gasteiger partial charge in [0.05, 0.1) is 7.11 Å². The number of amides is 1. The highest BCUT2D eigenvalue weighted by atomic mass is 16.5. The van der Waals surface area contributed by atoms with Gasteiger partial charge >= 0.3 is 0 Å². The number of ether oxygens (including phenoxy) is 1. The smallest absolute Gasteiger partial charge is 0.223 e. The Morgan fingerprint density at radius 3 is 2.70 bits per heavy atom. The first-order valence-electron chi connectivity index (χ1n) is 7.28. The molecule has 0 aliphatic carbocycles. The Hall–Kier alpha value is -1.55. The molecule has 1 aromatic carbocycles. The maximum Gasteiger partial charge on any atom is 0.223 e. The Bertz CT molecular complexity index is 444. The average Bonchev–Trinajstić information content (AvgIpc) is 2.86. The van der Waals surface area contributed by atoms with E-state index in [1.807, 2.05) is 29.2 Å². The molecular formula is C16H24N2O2. The Labute approximate surface area is 120 Å². The van der Waals surface area contributed by atoms with Crippen molar-refractivity contribution in [3.05, 3.63) is 29.8 Å². The summed E-state index contributed by atoms with van der Waals surface area (Å²) in [6, 6.07) is 8.11. The fourth-order valence-electron chi connectivity index (χ4n) is 2.86. The van der Waals surface area contributed by atoms with Crippen molar-refractivity contribution < 1.29 is 9.53 Å². The summed E-state index contributed by atoms with van der Waals surface area (Å²) in [5.74, 6) is 1.59. The van der Waals surface area contributed by atoms with Crippen LogP contribution in [0.5, 0.6) is 5.75 Å². The van der Waals surface area contributed by atoms with Crippen molar-refractivity contribution >= 4 is 5.91 Å². The highest BCUT2D eigenvalue weighted by Gasteiger charge is 2.32. The lowest BCUT2D eigenvalue weighted by atomic mass is 10.0. The van der Waals surface area contributed by atoms with Gasteiger partial charge in [0.15, 0.2) is 0 Å². The minimum absolute atomic E-state index is 0.221. The van der Waals surface area contributed by atoms with Gasteiger partial charge in [-0.05, 0) is 36.5 Å². The fourth-order valence-corrected chi connectivity index (χ4v) is 2.86. The van der Waals surface area contributed by atoms with Gasteiger partial charge in [-0.2, -0.15) is 0 Å². The molecule has 2 atom stereocenters. The summed E-state index contributed by atoms with van der Waals surface area (Å²) < 4.78 is 5.13. The number of carbonyl (C=O) groups excluding carboxylic acids is 1. The lowest BCUT2D eigenvalue weighted by Crippen LogP contribution is -2.42. The van der Waals surface area contributed by atoms with Crippen LogP contribution < -0.4 is 10.5 Å². The van der Waals surface area contributed by atoms with E-state index in [0.29, 0.717) is 18.9 Å². The summed E-state index contributed by atoms with van der Waals surface area (Å²) in [5, 5.41) is 0. The molecule has 4 heteroatoms. The molecule has 0 bridgehead atoms. The van der Waals surface area contributed by atoms with E-state index >= 15 is 0 Å². The number of carbonyl (C=O) groups is 1. The van der Waals surface area contributed by atoms with Gasteiger partial charge in [-0.25, -0.2) is 0 Å². The van der Waals surface area contributed by atoms with Crippen LogP contribution in [-0.2, 0) is 11.2 Å². The number of rotatable bonds is 5. The van der Waals surface area contributed by atoms with Crippen molar-refractivity contribution in [3.8, 4) is 5.75 Å². The lowest BCUT2D eigenvalue weighted by Gasteiger charge is -2.25. The van der Waals surface area contributed by atoms with Crippen molar-refractivity contribution in [2.45, 2.75) is 32.2 Å². The van der Waals surface area contributed by atoms with Gasteiger partial charge in [0.1, 0.15) is 5.75 Å². The molecule has 0 aromatic heterocycles. The van der Waals surface area contributed by atoms with Gasteiger partial charge in [-0.15, -0.1) is 0 Å². The van der Waals surface area contributed by atoms with Crippen molar-refractivity contribution in [1.29, 1.82) is 0 Å². The molecule has 1 heterocycles. The second kappa shape index (κ2) is 6.75. The molecule has 0 radical (unpaired) electrons. The van der Waals surface area contributed by atoms with Crippen molar-refractivity contribution in [2.75, 3.05) is 20.2 Å². The molecule has 0 saturated carbocycles. The Morgan fingerprint density at radius 2 is 2.10 bits per heavy atom. The number of likely N-dealkylation sites (tertiary alicyclic amines) is 1. The van der Waals surface area contributed by atoms with Crippen LogP contribution in [0, 0.1) is 5.92 Å². The second-order valence-electron chi connectivity index (χ2n) is 5.50. The zero-order chi connectivity index (χ0) is 14.5. The van der Waals surface area contributed by atoms with Crippen LogP contribution in [0.25, 0.3) is 0 Å². The minimum Gasteiger partial charge on any atom is -0.497 e. The first-order chi connectivity index (χ1) is 9.65. The molecule has 1 saturated heterocycles. The number of nitrogens with two attached hydrogens (primary N) is 1. The minimum atomic E-state index is 0.221. The number of hydrogen-bond acceptors (Lipinski definition) is 3. The van der Waals surface area contributed by atoms with Gasteiger partial charge in [-0.3, -0.25) is 4.79 Å². The van der Waals surface area contributed by atoms with Crippen LogP contribution in [0.4, 0.5) is 0 Å². The number of benzene rings is 1. The van der Waals surface area contributed by atoms with E-state index < -0.39 is 0 Å². The first kappa shape index (κ1) is 14.9. The van der Waals surface area contributed by atoms with E-state index in [0.717, 1.165) is 30.7 Å². The number of aryl methyl sites for hydroxylation is 1. The van der Waals surface area contributed by atoms with Gasteiger partial charge in [0.2, 0.25) is 5.91 Å². The molecule has 2 unspecified atom stereocenters.